The standard InChI is InChI=1S/C13H13N3O5/c14-10(17)5-9(13(20)21)16-12(19)6-1-2-8-7(3-6)4-11(18)15-8/h1-3,9H,4-5H2,(H2,14,17)(H,15,18)(H,16,19)(H,20,21)/t9-/m1/s1. The summed E-state index contributed by atoms with van der Waals surface area (Å²) in [5.74, 6) is -2.99. The average Bonchev–Trinajstić information content (AvgIpc) is 2.76. The Labute approximate surface area is 119 Å². The molecule has 0 saturated heterocycles. The molecule has 1 aromatic carbocycles. The van der Waals surface area contributed by atoms with E-state index in [0.717, 1.165) is 0 Å². The van der Waals surface area contributed by atoms with Crippen LogP contribution in [-0.4, -0.2) is 34.8 Å². The molecule has 1 aliphatic heterocycles. The number of benzene rings is 1. The smallest absolute Gasteiger partial charge is 0.326 e. The van der Waals surface area contributed by atoms with Gasteiger partial charge in [-0.05, 0) is 23.8 Å². The molecule has 1 aliphatic rings. The molecule has 5 N–H and O–H groups in total. The van der Waals surface area contributed by atoms with Crippen molar-refractivity contribution in [1.82, 2.24) is 5.32 Å². The minimum Gasteiger partial charge on any atom is -0.480 e. The average molecular weight is 291 g/mol. The Morgan fingerprint density at radius 3 is 2.71 bits per heavy atom. The van der Waals surface area contributed by atoms with E-state index in [0.29, 0.717) is 11.3 Å². The molecule has 0 aliphatic carbocycles. The van der Waals surface area contributed by atoms with E-state index in [-0.39, 0.29) is 17.9 Å². The molecule has 0 bridgehead atoms. The third-order valence-corrected chi connectivity index (χ3v) is 3.00. The Hall–Kier alpha value is -2.90. The van der Waals surface area contributed by atoms with Gasteiger partial charge in [0, 0.05) is 11.3 Å². The van der Waals surface area contributed by atoms with Crippen LogP contribution < -0.4 is 16.4 Å². The van der Waals surface area contributed by atoms with Gasteiger partial charge in [0.25, 0.3) is 5.91 Å². The van der Waals surface area contributed by atoms with Crippen molar-refractivity contribution in [2.24, 2.45) is 5.73 Å². The number of carbonyl (C=O) groups excluding carboxylic acids is 3. The quantitative estimate of drug-likeness (QED) is 0.564. The Morgan fingerprint density at radius 2 is 2.10 bits per heavy atom. The van der Waals surface area contributed by atoms with Crippen molar-refractivity contribution in [2.75, 3.05) is 5.32 Å². The zero-order valence-corrected chi connectivity index (χ0v) is 10.9. The molecule has 1 atom stereocenters. The second-order valence-electron chi connectivity index (χ2n) is 4.63. The summed E-state index contributed by atoms with van der Waals surface area (Å²) in [4.78, 5) is 45.0. The monoisotopic (exact) mass is 291 g/mol. The van der Waals surface area contributed by atoms with Gasteiger partial charge < -0.3 is 21.5 Å². The van der Waals surface area contributed by atoms with E-state index in [4.69, 9.17) is 10.8 Å². The highest BCUT2D eigenvalue weighted by atomic mass is 16.4. The zero-order valence-electron chi connectivity index (χ0n) is 10.9. The summed E-state index contributed by atoms with van der Waals surface area (Å²) in [6.07, 6.45) is -0.327. The number of fused-ring (bicyclic) bond motifs is 1. The molecule has 1 heterocycles. The first-order chi connectivity index (χ1) is 9.86. The lowest BCUT2D eigenvalue weighted by Crippen LogP contribution is -2.43. The number of amides is 3. The molecule has 8 nitrogen and oxygen atoms in total. The minimum atomic E-state index is -1.39. The maximum Gasteiger partial charge on any atom is 0.326 e. The molecule has 21 heavy (non-hydrogen) atoms. The number of carboxylic acid groups (broad SMARTS) is 1. The molecule has 110 valence electrons. The van der Waals surface area contributed by atoms with Crippen molar-refractivity contribution in [3.8, 4) is 0 Å². The summed E-state index contributed by atoms with van der Waals surface area (Å²) in [5, 5.41) is 13.8. The van der Waals surface area contributed by atoms with Gasteiger partial charge in [-0.2, -0.15) is 0 Å². The van der Waals surface area contributed by atoms with Gasteiger partial charge in [0.1, 0.15) is 6.04 Å². The van der Waals surface area contributed by atoms with Crippen molar-refractivity contribution in [1.29, 1.82) is 0 Å². The predicted octanol–water partition coefficient (Wildman–Crippen LogP) is -0.760. The second-order valence-corrected chi connectivity index (χ2v) is 4.63. The minimum absolute atomic E-state index is 0.167. The van der Waals surface area contributed by atoms with Crippen molar-refractivity contribution < 1.29 is 24.3 Å². The van der Waals surface area contributed by atoms with E-state index in [2.05, 4.69) is 10.6 Å². The summed E-state index contributed by atoms with van der Waals surface area (Å²) in [6.45, 7) is 0. The van der Waals surface area contributed by atoms with Crippen LogP contribution in [0.15, 0.2) is 18.2 Å². The van der Waals surface area contributed by atoms with Crippen LogP contribution in [0.25, 0.3) is 0 Å². The first-order valence-electron chi connectivity index (χ1n) is 6.11. The molecule has 0 spiro atoms. The fraction of sp³-hybridized carbons (Fsp3) is 0.231. The number of hydrogen-bond acceptors (Lipinski definition) is 4. The molecule has 1 aromatic rings. The van der Waals surface area contributed by atoms with E-state index in [9.17, 15) is 19.2 Å². The first-order valence-corrected chi connectivity index (χ1v) is 6.11. The number of carbonyl (C=O) groups is 4. The number of nitrogens with one attached hydrogen (secondary N) is 2. The highest BCUT2D eigenvalue weighted by Gasteiger charge is 2.24. The molecular weight excluding hydrogens is 278 g/mol. The van der Waals surface area contributed by atoms with Crippen LogP contribution in [0, 0.1) is 0 Å². The van der Waals surface area contributed by atoms with Gasteiger partial charge in [0.2, 0.25) is 11.8 Å². The van der Waals surface area contributed by atoms with Gasteiger partial charge in [0.05, 0.1) is 12.8 Å². The first kappa shape index (κ1) is 14.5. The number of hydrogen-bond donors (Lipinski definition) is 4. The summed E-state index contributed by atoms with van der Waals surface area (Å²) >= 11 is 0. The maximum absolute atomic E-state index is 12.0. The maximum atomic E-state index is 12.0. The van der Waals surface area contributed by atoms with Gasteiger partial charge in [-0.15, -0.1) is 0 Å². The Kier molecular flexibility index (Phi) is 3.88. The number of carboxylic acids is 1. The van der Waals surface area contributed by atoms with Crippen molar-refractivity contribution in [2.45, 2.75) is 18.9 Å². The lowest BCUT2D eigenvalue weighted by Gasteiger charge is -2.13. The largest absolute Gasteiger partial charge is 0.480 e. The van der Waals surface area contributed by atoms with E-state index in [1.54, 1.807) is 6.07 Å². The number of aliphatic carboxylic acids is 1. The Bertz CT molecular complexity index is 641. The van der Waals surface area contributed by atoms with E-state index in [1.165, 1.54) is 12.1 Å². The summed E-state index contributed by atoms with van der Waals surface area (Å²) in [5.41, 5.74) is 6.43. The second kappa shape index (κ2) is 5.61. The van der Waals surface area contributed by atoms with E-state index >= 15 is 0 Å². The van der Waals surface area contributed by atoms with E-state index in [1.807, 2.05) is 0 Å². The number of nitrogens with two attached hydrogens (primary N) is 1. The molecule has 0 unspecified atom stereocenters. The van der Waals surface area contributed by atoms with Crippen molar-refractivity contribution >= 4 is 29.4 Å². The van der Waals surface area contributed by atoms with Crippen LogP contribution in [-0.2, 0) is 20.8 Å². The molecule has 8 heteroatoms. The third kappa shape index (κ3) is 3.35. The number of rotatable bonds is 5. The van der Waals surface area contributed by atoms with Crippen molar-refractivity contribution in [3.63, 3.8) is 0 Å². The van der Waals surface area contributed by atoms with Gasteiger partial charge in [-0.3, -0.25) is 14.4 Å². The molecular formula is C13H13N3O5. The van der Waals surface area contributed by atoms with Crippen LogP contribution in [0.4, 0.5) is 5.69 Å². The molecule has 2 rings (SSSR count). The van der Waals surface area contributed by atoms with Crippen LogP contribution in [0.2, 0.25) is 0 Å². The SMILES string of the molecule is NC(=O)C[C@@H](NC(=O)c1ccc2c(c1)CC(=O)N2)C(=O)O. The lowest BCUT2D eigenvalue weighted by molar-refractivity contribution is -0.140. The van der Waals surface area contributed by atoms with Crippen molar-refractivity contribution in [3.05, 3.63) is 29.3 Å². The fourth-order valence-corrected chi connectivity index (χ4v) is 2.01. The predicted molar refractivity (Wildman–Crippen MR) is 71.5 cm³/mol. The van der Waals surface area contributed by atoms with Crippen LogP contribution >= 0.6 is 0 Å². The topological polar surface area (TPSA) is 139 Å². The Balaban J connectivity index is 2.13. The van der Waals surface area contributed by atoms with Gasteiger partial charge in [-0.1, -0.05) is 0 Å². The van der Waals surface area contributed by atoms with Gasteiger partial charge in [0.15, 0.2) is 0 Å². The van der Waals surface area contributed by atoms with E-state index < -0.39 is 30.2 Å². The molecule has 0 fully saturated rings. The summed E-state index contributed by atoms with van der Waals surface area (Å²) in [7, 11) is 0. The highest BCUT2D eigenvalue weighted by molar-refractivity contribution is 6.02. The highest BCUT2D eigenvalue weighted by Crippen LogP contribution is 2.23. The number of primary amides is 1. The normalized spacial score (nSPS) is 14.0. The van der Waals surface area contributed by atoms with Gasteiger partial charge >= 0.3 is 5.97 Å². The fourth-order valence-electron chi connectivity index (χ4n) is 2.01. The van der Waals surface area contributed by atoms with Crippen LogP contribution in [0.1, 0.15) is 22.3 Å². The zero-order chi connectivity index (χ0) is 15.6. The summed E-state index contributed by atoms with van der Waals surface area (Å²) in [6, 6.07) is 3.15. The van der Waals surface area contributed by atoms with Gasteiger partial charge in [-0.25, -0.2) is 4.79 Å². The molecule has 3 amide bonds. The van der Waals surface area contributed by atoms with Crippen LogP contribution in [0.3, 0.4) is 0 Å². The molecule has 0 saturated carbocycles. The lowest BCUT2D eigenvalue weighted by atomic mass is 10.1. The summed E-state index contributed by atoms with van der Waals surface area (Å²) < 4.78 is 0. The Morgan fingerprint density at radius 1 is 1.38 bits per heavy atom. The molecule has 0 aromatic heterocycles. The molecule has 0 radical (unpaired) electrons. The third-order valence-electron chi connectivity index (χ3n) is 3.00. The van der Waals surface area contributed by atoms with Crippen LogP contribution in [0.5, 0.6) is 0 Å². The number of anilines is 1.